The van der Waals surface area contributed by atoms with Crippen LogP contribution >= 0.6 is 0 Å². The van der Waals surface area contributed by atoms with Crippen molar-refractivity contribution in [1.29, 1.82) is 0 Å². The molecule has 1 N–H and O–H groups in total. The van der Waals surface area contributed by atoms with E-state index >= 15 is 0 Å². The van der Waals surface area contributed by atoms with Crippen LogP contribution in [0.5, 0.6) is 0 Å². The van der Waals surface area contributed by atoms with Gasteiger partial charge in [-0.2, -0.15) is 18.3 Å². The zero-order chi connectivity index (χ0) is 28.3. The summed E-state index contributed by atoms with van der Waals surface area (Å²) in [6, 6.07) is 28.5. The smallest absolute Gasteiger partial charge is 0.337 e. The van der Waals surface area contributed by atoms with Crippen LogP contribution in [0.1, 0.15) is 37.5 Å². The molecular weight excluding hydrogens is 517 g/mol. The maximum Gasteiger partial charge on any atom is 0.416 e. The van der Waals surface area contributed by atoms with Crippen molar-refractivity contribution in [3.63, 3.8) is 0 Å². The summed E-state index contributed by atoms with van der Waals surface area (Å²) in [6.07, 6.45) is -4.46. The largest absolute Gasteiger partial charge is 0.416 e. The number of rotatable bonds is 7. The molecule has 9 heteroatoms. The second kappa shape index (κ2) is 11.1. The van der Waals surface area contributed by atoms with Gasteiger partial charge in [0.25, 0.3) is 11.8 Å². The molecule has 1 aromatic heterocycles. The molecule has 0 spiro atoms. The molecule has 0 saturated heterocycles. The van der Waals surface area contributed by atoms with Crippen molar-refractivity contribution in [1.82, 2.24) is 14.7 Å². The van der Waals surface area contributed by atoms with Crippen molar-refractivity contribution in [3.8, 4) is 0 Å². The van der Waals surface area contributed by atoms with Gasteiger partial charge in [0.05, 0.1) is 17.6 Å². The molecule has 6 nitrogen and oxygen atoms in total. The first-order valence-electron chi connectivity index (χ1n) is 12.5. The average molecular weight is 543 g/mol. The summed E-state index contributed by atoms with van der Waals surface area (Å²) >= 11 is 0. The maximum atomic E-state index is 13.0. The zero-order valence-corrected chi connectivity index (χ0v) is 21.5. The van der Waals surface area contributed by atoms with Crippen molar-refractivity contribution >= 4 is 28.4 Å². The summed E-state index contributed by atoms with van der Waals surface area (Å²) in [4.78, 5) is 27.6. The topological polar surface area (TPSA) is 67.2 Å². The zero-order valence-electron chi connectivity index (χ0n) is 21.5. The number of hydrogen-bond acceptors (Lipinski definition) is 3. The first kappa shape index (κ1) is 26.7. The Hall–Kier alpha value is -4.92. The van der Waals surface area contributed by atoms with Crippen molar-refractivity contribution in [2.45, 2.75) is 19.3 Å². The van der Waals surface area contributed by atoms with Crippen LogP contribution in [-0.2, 0) is 19.3 Å². The highest BCUT2D eigenvalue weighted by Crippen LogP contribution is 2.30. The number of benzene rings is 4. The van der Waals surface area contributed by atoms with E-state index in [1.54, 1.807) is 40.9 Å². The van der Waals surface area contributed by atoms with Gasteiger partial charge in [-0.15, -0.1) is 0 Å². The third-order valence-electron chi connectivity index (χ3n) is 6.49. The van der Waals surface area contributed by atoms with Gasteiger partial charge in [-0.1, -0.05) is 60.7 Å². The number of amides is 2. The Bertz CT molecular complexity index is 1640. The second-order valence-electron chi connectivity index (χ2n) is 9.40. The van der Waals surface area contributed by atoms with Crippen molar-refractivity contribution in [2.75, 3.05) is 12.4 Å². The molecule has 40 heavy (non-hydrogen) atoms. The van der Waals surface area contributed by atoms with Gasteiger partial charge in [0, 0.05) is 30.2 Å². The Kier molecular flexibility index (Phi) is 7.37. The predicted molar refractivity (Wildman–Crippen MR) is 147 cm³/mol. The fourth-order valence-electron chi connectivity index (χ4n) is 4.42. The first-order chi connectivity index (χ1) is 19.2. The molecule has 0 aliphatic carbocycles. The summed E-state index contributed by atoms with van der Waals surface area (Å²) in [7, 11) is 1.76. The molecule has 0 radical (unpaired) electrons. The molecule has 0 aliphatic rings. The fraction of sp³-hybridized carbons (Fsp3) is 0.129. The molecule has 0 unspecified atom stereocenters. The number of nitrogens with zero attached hydrogens (tertiary/aromatic N) is 3. The summed E-state index contributed by atoms with van der Waals surface area (Å²) < 4.78 is 40.3. The number of nitrogens with one attached hydrogen (secondary N) is 1. The quantitative estimate of drug-likeness (QED) is 0.251. The molecule has 5 rings (SSSR count). The molecule has 4 aromatic carbocycles. The lowest BCUT2D eigenvalue weighted by atomic mass is 10.1. The highest BCUT2D eigenvalue weighted by atomic mass is 19.4. The molecule has 5 aromatic rings. The van der Waals surface area contributed by atoms with E-state index in [-0.39, 0.29) is 17.3 Å². The van der Waals surface area contributed by atoms with Crippen molar-refractivity contribution in [2.24, 2.45) is 0 Å². The highest BCUT2D eigenvalue weighted by Gasteiger charge is 2.30. The Balaban J connectivity index is 1.31. The van der Waals surface area contributed by atoms with E-state index in [9.17, 15) is 22.8 Å². The summed E-state index contributed by atoms with van der Waals surface area (Å²) in [5, 5.41) is 7.76. The molecule has 0 atom stereocenters. The first-order valence-corrected chi connectivity index (χ1v) is 12.5. The number of anilines is 1. The van der Waals surface area contributed by atoms with E-state index in [1.165, 1.54) is 12.1 Å². The SMILES string of the molecule is CN(Cc1ccccc1)C(=O)c1ccc(Cn2nc(C(=O)Nc3ccc(C(F)(F)F)cc3)c3ccccc32)cc1. The lowest BCUT2D eigenvalue weighted by Gasteiger charge is -2.17. The van der Waals surface area contributed by atoms with Gasteiger partial charge in [0.2, 0.25) is 0 Å². The van der Waals surface area contributed by atoms with Crippen LogP contribution in [0.2, 0.25) is 0 Å². The lowest BCUT2D eigenvalue weighted by molar-refractivity contribution is -0.137. The van der Waals surface area contributed by atoms with Gasteiger partial charge in [0.1, 0.15) is 0 Å². The van der Waals surface area contributed by atoms with E-state index in [0.717, 1.165) is 28.8 Å². The van der Waals surface area contributed by atoms with Crippen LogP contribution < -0.4 is 5.32 Å². The molecule has 0 saturated carbocycles. The number of halogens is 3. The highest BCUT2D eigenvalue weighted by molar-refractivity contribution is 6.11. The molecule has 202 valence electrons. The van der Waals surface area contributed by atoms with Gasteiger partial charge in [-0.25, -0.2) is 0 Å². The van der Waals surface area contributed by atoms with Crippen LogP contribution in [0, 0.1) is 0 Å². The van der Waals surface area contributed by atoms with Gasteiger partial charge in [0.15, 0.2) is 5.69 Å². The lowest BCUT2D eigenvalue weighted by Crippen LogP contribution is -2.26. The predicted octanol–water partition coefficient (Wildman–Crippen LogP) is 6.63. The van der Waals surface area contributed by atoms with Gasteiger partial charge >= 0.3 is 6.18 Å². The standard InChI is InChI=1S/C31H25F3N4O2/c1-37(19-21-7-3-2-4-8-21)30(40)23-13-11-22(12-14-23)20-38-27-10-6-5-9-26(27)28(36-38)29(39)35-25-17-15-24(16-18-25)31(32,33)34/h2-18H,19-20H2,1H3,(H,35,39). The molecule has 1 heterocycles. The van der Waals surface area contributed by atoms with E-state index in [2.05, 4.69) is 10.4 Å². The number of fused-ring (bicyclic) bond motifs is 1. The van der Waals surface area contributed by atoms with Crippen molar-refractivity contribution < 1.29 is 22.8 Å². The van der Waals surface area contributed by atoms with Gasteiger partial charge in [-0.3, -0.25) is 14.3 Å². The normalized spacial score (nSPS) is 11.4. The number of carbonyl (C=O) groups is 2. The molecule has 0 aliphatic heterocycles. The van der Waals surface area contributed by atoms with E-state index in [4.69, 9.17) is 0 Å². The van der Waals surface area contributed by atoms with E-state index in [1.807, 2.05) is 54.6 Å². The van der Waals surface area contributed by atoms with Crippen molar-refractivity contribution in [3.05, 3.63) is 131 Å². The second-order valence-corrected chi connectivity index (χ2v) is 9.40. The average Bonchev–Trinajstić information content (AvgIpc) is 3.32. The number of aromatic nitrogens is 2. The Morgan fingerprint density at radius 1 is 0.825 bits per heavy atom. The van der Waals surface area contributed by atoms with E-state index < -0.39 is 17.6 Å². The molecule has 0 fully saturated rings. The van der Waals surface area contributed by atoms with Crippen LogP contribution in [-0.4, -0.2) is 33.5 Å². The minimum absolute atomic E-state index is 0.0952. The third-order valence-corrected chi connectivity index (χ3v) is 6.49. The fourth-order valence-corrected chi connectivity index (χ4v) is 4.42. The Morgan fingerprint density at radius 3 is 2.15 bits per heavy atom. The van der Waals surface area contributed by atoms with Crippen LogP contribution in [0.25, 0.3) is 10.9 Å². The van der Waals surface area contributed by atoms with E-state index in [0.29, 0.717) is 24.0 Å². The third kappa shape index (κ3) is 5.88. The number of hydrogen-bond donors (Lipinski definition) is 1. The Labute approximate surface area is 228 Å². The minimum Gasteiger partial charge on any atom is -0.337 e. The minimum atomic E-state index is -4.46. The summed E-state index contributed by atoms with van der Waals surface area (Å²) in [5.41, 5.74) is 2.80. The summed E-state index contributed by atoms with van der Waals surface area (Å²) in [6.45, 7) is 0.848. The Morgan fingerprint density at radius 2 is 1.48 bits per heavy atom. The van der Waals surface area contributed by atoms with Gasteiger partial charge in [-0.05, 0) is 53.6 Å². The molecular formula is C31H25F3N4O2. The van der Waals surface area contributed by atoms with Crippen LogP contribution in [0.15, 0.2) is 103 Å². The maximum absolute atomic E-state index is 13.0. The molecule has 2 amide bonds. The van der Waals surface area contributed by atoms with Gasteiger partial charge < -0.3 is 10.2 Å². The number of para-hydroxylation sites is 1. The number of carbonyl (C=O) groups excluding carboxylic acids is 2. The monoisotopic (exact) mass is 542 g/mol. The van der Waals surface area contributed by atoms with Crippen LogP contribution in [0.4, 0.5) is 18.9 Å². The number of alkyl halides is 3. The van der Waals surface area contributed by atoms with Crippen LogP contribution in [0.3, 0.4) is 0 Å². The molecule has 0 bridgehead atoms. The summed E-state index contributed by atoms with van der Waals surface area (Å²) in [5.74, 6) is -0.626.